The summed E-state index contributed by atoms with van der Waals surface area (Å²) in [6, 6.07) is 20.0. The first kappa shape index (κ1) is 15.1. The van der Waals surface area contributed by atoms with Gasteiger partial charge in [0.25, 0.3) is 0 Å². The van der Waals surface area contributed by atoms with E-state index in [1.165, 1.54) is 0 Å². The first-order valence-corrected chi connectivity index (χ1v) is 8.18. The summed E-state index contributed by atoms with van der Waals surface area (Å²) in [6.45, 7) is 0.724. The van der Waals surface area contributed by atoms with E-state index in [4.69, 9.17) is 0 Å². The number of anilines is 1. The molecule has 2 aromatic heterocycles. The minimum absolute atomic E-state index is 0.715. The molecule has 2 heterocycles. The smallest absolute Gasteiger partial charge is 0.137 e. The average molecular weight is 324 g/mol. The highest BCUT2D eigenvalue weighted by atomic mass is 15.0. The number of fused-ring (bicyclic) bond motifs is 2. The largest absolute Gasteiger partial charge is 0.368 e. The number of rotatable bonds is 3. The Morgan fingerprint density at radius 3 is 2.64 bits per heavy atom. The van der Waals surface area contributed by atoms with E-state index < -0.39 is 0 Å². The van der Waals surface area contributed by atoms with Crippen molar-refractivity contribution in [3.8, 4) is 11.8 Å². The second-order valence-corrected chi connectivity index (χ2v) is 5.61. The van der Waals surface area contributed by atoms with Crippen LogP contribution in [0, 0.1) is 11.8 Å². The number of nitrogens with one attached hydrogen (secondary N) is 1. The standard InChI is InChI=1S/C21H16N4/c1-3-10-19-16(7-1)12-13-17(25-19)8-5-6-14-22-21-18-9-2-4-11-20(18)23-15-24-21/h1-4,7,9-13,15H,6,14H2,(H,22,23,24). The number of pyridine rings is 1. The molecule has 0 aliphatic rings. The highest BCUT2D eigenvalue weighted by Crippen LogP contribution is 2.18. The zero-order valence-corrected chi connectivity index (χ0v) is 13.6. The zero-order chi connectivity index (χ0) is 16.9. The van der Waals surface area contributed by atoms with Crippen LogP contribution >= 0.6 is 0 Å². The van der Waals surface area contributed by atoms with Crippen LogP contribution in [0.15, 0.2) is 67.0 Å². The molecule has 0 spiro atoms. The number of para-hydroxylation sites is 2. The fraction of sp³-hybridized carbons (Fsp3) is 0.0952. The predicted octanol–water partition coefficient (Wildman–Crippen LogP) is 4.03. The SMILES string of the molecule is C(#Cc1ccc2ccccc2n1)CCNc1ncnc2ccccc12. The Balaban J connectivity index is 1.41. The normalized spacial score (nSPS) is 10.4. The molecule has 0 bridgehead atoms. The van der Waals surface area contributed by atoms with Gasteiger partial charge < -0.3 is 5.32 Å². The summed E-state index contributed by atoms with van der Waals surface area (Å²) in [4.78, 5) is 13.1. The van der Waals surface area contributed by atoms with E-state index in [1.54, 1.807) is 6.33 Å². The lowest BCUT2D eigenvalue weighted by molar-refractivity contribution is 1.07. The molecule has 25 heavy (non-hydrogen) atoms. The molecule has 0 radical (unpaired) electrons. The third-order valence-corrected chi connectivity index (χ3v) is 3.90. The molecule has 0 unspecified atom stereocenters. The van der Waals surface area contributed by atoms with Crippen LogP contribution in [0.3, 0.4) is 0 Å². The third-order valence-electron chi connectivity index (χ3n) is 3.90. The first-order chi connectivity index (χ1) is 12.4. The van der Waals surface area contributed by atoms with Crippen molar-refractivity contribution in [3.63, 3.8) is 0 Å². The minimum Gasteiger partial charge on any atom is -0.368 e. The van der Waals surface area contributed by atoms with Gasteiger partial charge in [-0.05, 0) is 30.2 Å². The van der Waals surface area contributed by atoms with E-state index in [9.17, 15) is 0 Å². The van der Waals surface area contributed by atoms with Gasteiger partial charge in [-0.25, -0.2) is 15.0 Å². The Bertz CT molecular complexity index is 1090. The molecule has 0 saturated carbocycles. The molecule has 0 saturated heterocycles. The molecule has 0 fully saturated rings. The van der Waals surface area contributed by atoms with Gasteiger partial charge in [0.05, 0.1) is 11.0 Å². The third kappa shape index (κ3) is 3.41. The predicted molar refractivity (Wildman–Crippen MR) is 101 cm³/mol. The molecule has 0 aliphatic heterocycles. The fourth-order valence-corrected chi connectivity index (χ4v) is 2.68. The molecule has 0 aliphatic carbocycles. The summed E-state index contributed by atoms with van der Waals surface area (Å²) in [5.41, 5.74) is 2.71. The van der Waals surface area contributed by atoms with Crippen molar-refractivity contribution in [2.75, 3.05) is 11.9 Å². The highest BCUT2D eigenvalue weighted by molar-refractivity contribution is 5.88. The average Bonchev–Trinajstić information content (AvgIpc) is 2.68. The van der Waals surface area contributed by atoms with Crippen molar-refractivity contribution in [1.82, 2.24) is 15.0 Å². The first-order valence-electron chi connectivity index (χ1n) is 8.18. The number of nitrogens with zero attached hydrogens (tertiary/aromatic N) is 3. The molecule has 1 N–H and O–H groups in total. The molecule has 2 aromatic carbocycles. The van der Waals surface area contributed by atoms with E-state index in [2.05, 4.69) is 44.2 Å². The van der Waals surface area contributed by atoms with Gasteiger partial charge >= 0.3 is 0 Å². The van der Waals surface area contributed by atoms with Gasteiger partial charge in [-0.15, -0.1) is 0 Å². The molecule has 4 rings (SSSR count). The van der Waals surface area contributed by atoms with Crippen LogP contribution in [0.4, 0.5) is 5.82 Å². The van der Waals surface area contributed by atoms with E-state index >= 15 is 0 Å². The van der Waals surface area contributed by atoms with Crippen molar-refractivity contribution in [1.29, 1.82) is 0 Å². The lowest BCUT2D eigenvalue weighted by Gasteiger charge is -2.05. The molecular formula is C21H16N4. The summed E-state index contributed by atoms with van der Waals surface area (Å²) in [5.74, 6) is 7.14. The van der Waals surface area contributed by atoms with E-state index in [0.717, 1.165) is 39.9 Å². The van der Waals surface area contributed by atoms with Crippen LogP contribution in [0.2, 0.25) is 0 Å². The van der Waals surface area contributed by atoms with Gasteiger partial charge in [0, 0.05) is 23.7 Å². The maximum atomic E-state index is 4.56. The molecule has 120 valence electrons. The Kier molecular flexibility index (Phi) is 4.21. The zero-order valence-electron chi connectivity index (χ0n) is 13.6. The summed E-state index contributed by atoms with van der Waals surface area (Å²) in [6.07, 6.45) is 2.29. The van der Waals surface area contributed by atoms with Crippen molar-refractivity contribution in [3.05, 3.63) is 72.7 Å². The fourth-order valence-electron chi connectivity index (χ4n) is 2.68. The maximum Gasteiger partial charge on any atom is 0.137 e. The van der Waals surface area contributed by atoms with Gasteiger partial charge in [-0.2, -0.15) is 0 Å². The molecule has 0 amide bonds. The van der Waals surface area contributed by atoms with Crippen molar-refractivity contribution in [2.24, 2.45) is 0 Å². The van der Waals surface area contributed by atoms with Gasteiger partial charge in [-0.1, -0.05) is 42.3 Å². The number of hydrogen-bond acceptors (Lipinski definition) is 4. The van der Waals surface area contributed by atoms with Crippen LogP contribution < -0.4 is 5.32 Å². The van der Waals surface area contributed by atoms with Gasteiger partial charge in [-0.3, -0.25) is 0 Å². The van der Waals surface area contributed by atoms with Gasteiger partial charge in [0.2, 0.25) is 0 Å². The quantitative estimate of drug-likeness (QED) is 0.456. The van der Waals surface area contributed by atoms with Crippen LogP contribution in [0.1, 0.15) is 12.1 Å². The van der Waals surface area contributed by atoms with Gasteiger partial charge in [0.15, 0.2) is 0 Å². The van der Waals surface area contributed by atoms with Gasteiger partial charge in [0.1, 0.15) is 17.8 Å². The van der Waals surface area contributed by atoms with Crippen LogP contribution in [-0.2, 0) is 0 Å². The topological polar surface area (TPSA) is 50.7 Å². The second-order valence-electron chi connectivity index (χ2n) is 5.61. The Morgan fingerprint density at radius 2 is 1.68 bits per heavy atom. The Morgan fingerprint density at radius 1 is 0.840 bits per heavy atom. The lowest BCUT2D eigenvalue weighted by atomic mass is 10.2. The summed E-state index contributed by atoms with van der Waals surface area (Å²) < 4.78 is 0. The molecule has 4 nitrogen and oxygen atoms in total. The number of benzene rings is 2. The van der Waals surface area contributed by atoms with Crippen molar-refractivity contribution < 1.29 is 0 Å². The number of aromatic nitrogens is 3. The van der Waals surface area contributed by atoms with E-state index in [-0.39, 0.29) is 0 Å². The van der Waals surface area contributed by atoms with Crippen LogP contribution in [0.5, 0.6) is 0 Å². The minimum atomic E-state index is 0.715. The molecular weight excluding hydrogens is 308 g/mol. The maximum absolute atomic E-state index is 4.56. The van der Waals surface area contributed by atoms with Crippen LogP contribution in [-0.4, -0.2) is 21.5 Å². The lowest BCUT2D eigenvalue weighted by Crippen LogP contribution is -2.03. The highest BCUT2D eigenvalue weighted by Gasteiger charge is 2.01. The monoisotopic (exact) mass is 324 g/mol. The van der Waals surface area contributed by atoms with Crippen molar-refractivity contribution in [2.45, 2.75) is 6.42 Å². The summed E-state index contributed by atoms with van der Waals surface area (Å²) >= 11 is 0. The van der Waals surface area contributed by atoms with E-state index in [1.807, 2.05) is 48.5 Å². The Labute approximate surface area is 146 Å². The molecule has 4 heteroatoms. The molecule has 4 aromatic rings. The Hall–Kier alpha value is -3.45. The van der Waals surface area contributed by atoms with Crippen molar-refractivity contribution >= 4 is 27.6 Å². The van der Waals surface area contributed by atoms with E-state index in [0.29, 0.717) is 6.42 Å². The summed E-state index contributed by atoms with van der Waals surface area (Å²) in [7, 11) is 0. The second kappa shape index (κ2) is 6.98. The number of hydrogen-bond donors (Lipinski definition) is 1. The van der Waals surface area contributed by atoms with Crippen LogP contribution in [0.25, 0.3) is 21.8 Å². The summed E-state index contributed by atoms with van der Waals surface area (Å²) in [5, 5.41) is 5.48. The molecule has 0 atom stereocenters.